The van der Waals surface area contributed by atoms with Crippen molar-refractivity contribution >= 4 is 22.7 Å². The number of hydrogen-bond donors (Lipinski definition) is 1. The van der Waals surface area contributed by atoms with Crippen molar-refractivity contribution in [2.75, 3.05) is 25.5 Å². The average Bonchev–Trinajstić information content (AvgIpc) is 2.78. The van der Waals surface area contributed by atoms with Crippen LogP contribution in [0.25, 0.3) is 22.0 Å². The first-order valence-electron chi connectivity index (χ1n) is 11.0. The molecule has 2 aromatic heterocycles. The second kappa shape index (κ2) is 9.36. The van der Waals surface area contributed by atoms with E-state index in [1.807, 2.05) is 0 Å². The van der Waals surface area contributed by atoms with Crippen LogP contribution in [0.2, 0.25) is 0 Å². The zero-order valence-electron chi connectivity index (χ0n) is 19.5. The van der Waals surface area contributed by atoms with Crippen LogP contribution in [-0.4, -0.2) is 64.2 Å². The van der Waals surface area contributed by atoms with Gasteiger partial charge in [-0.2, -0.15) is 0 Å². The van der Waals surface area contributed by atoms with E-state index in [4.69, 9.17) is 9.47 Å². The lowest BCUT2D eigenvalue weighted by atomic mass is 10.0. The van der Waals surface area contributed by atoms with Crippen molar-refractivity contribution in [3.63, 3.8) is 0 Å². The molecule has 0 bridgehead atoms. The van der Waals surface area contributed by atoms with Crippen molar-refractivity contribution < 1.29 is 23.0 Å². The number of carbonyl (C=O) groups excluding carboxylic acids is 1. The summed E-state index contributed by atoms with van der Waals surface area (Å²) in [7, 11) is 1.47. The quantitative estimate of drug-likeness (QED) is 0.595. The van der Waals surface area contributed by atoms with E-state index >= 15 is 0 Å². The van der Waals surface area contributed by atoms with E-state index in [9.17, 15) is 13.6 Å². The highest BCUT2D eigenvalue weighted by Crippen LogP contribution is 2.33. The molecule has 3 aromatic rings. The van der Waals surface area contributed by atoms with Gasteiger partial charge in [0, 0.05) is 53.8 Å². The molecule has 0 saturated carbocycles. The van der Waals surface area contributed by atoms with E-state index in [1.54, 1.807) is 51.4 Å². The number of methoxy groups -OCH3 is 1. The third kappa shape index (κ3) is 5.16. The first-order chi connectivity index (χ1) is 16.1. The van der Waals surface area contributed by atoms with E-state index in [0.717, 1.165) is 0 Å². The molecule has 3 heterocycles. The number of aromatic nitrogens is 3. The highest BCUT2D eigenvalue weighted by atomic mass is 19.1. The van der Waals surface area contributed by atoms with Gasteiger partial charge in [0.15, 0.2) is 5.82 Å². The Morgan fingerprint density at radius 2 is 1.97 bits per heavy atom. The number of alkyl halides is 1. The summed E-state index contributed by atoms with van der Waals surface area (Å²) < 4.78 is 39.7. The number of anilines is 1. The van der Waals surface area contributed by atoms with Gasteiger partial charge in [-0.25, -0.2) is 13.6 Å². The molecule has 0 aliphatic carbocycles. The molecule has 0 unspecified atom stereocenters. The summed E-state index contributed by atoms with van der Waals surface area (Å²) in [4.78, 5) is 18.0. The van der Waals surface area contributed by atoms with Gasteiger partial charge in [0.25, 0.3) is 0 Å². The molecule has 10 heteroatoms. The maximum Gasteiger partial charge on any atom is 0.410 e. The molecular weight excluding hydrogens is 444 g/mol. The molecule has 0 spiro atoms. The third-order valence-corrected chi connectivity index (χ3v) is 5.40. The highest BCUT2D eigenvalue weighted by molar-refractivity contribution is 5.99. The van der Waals surface area contributed by atoms with Gasteiger partial charge in [0.2, 0.25) is 0 Å². The number of nitrogens with zero attached hydrogens (tertiary/aromatic N) is 4. The normalized spacial score (nSPS) is 18.6. The standard InChI is InChI=1S/C24H27F2N5O3/c1-24(2,3)34-23(32)31-12-14(25)9-15(13-31)28-22-19-11-27-8-7-17(19)21(29-30-22)18-6-5-16(33-4)10-20(18)26/h5-8,10-11,14-15H,9,12-13H2,1-4H3,(H,28,30)/t14-,15-/m1/s1. The van der Waals surface area contributed by atoms with Crippen molar-refractivity contribution in [2.45, 2.75) is 45.0 Å². The van der Waals surface area contributed by atoms with Crippen LogP contribution in [0.3, 0.4) is 0 Å². The Bertz CT molecular complexity index is 1200. The largest absolute Gasteiger partial charge is 0.497 e. The number of nitrogens with one attached hydrogen (secondary N) is 1. The summed E-state index contributed by atoms with van der Waals surface area (Å²) in [5, 5.41) is 13.0. The lowest BCUT2D eigenvalue weighted by Crippen LogP contribution is -2.51. The van der Waals surface area contributed by atoms with Crippen molar-refractivity contribution in [1.29, 1.82) is 0 Å². The van der Waals surface area contributed by atoms with E-state index in [-0.39, 0.29) is 25.1 Å². The molecular formula is C24H27F2N5O3. The van der Waals surface area contributed by atoms with Crippen molar-refractivity contribution in [1.82, 2.24) is 20.1 Å². The number of ether oxygens (including phenoxy) is 2. The summed E-state index contributed by atoms with van der Waals surface area (Å²) in [6.07, 6.45) is 1.59. The zero-order chi connectivity index (χ0) is 24.5. The molecule has 1 saturated heterocycles. The Balaban J connectivity index is 1.62. The number of halogens is 2. The first-order valence-corrected chi connectivity index (χ1v) is 11.0. The Kier molecular flexibility index (Phi) is 6.49. The van der Waals surface area contributed by atoms with Crippen molar-refractivity contribution in [2.24, 2.45) is 0 Å². The van der Waals surface area contributed by atoms with Gasteiger partial charge >= 0.3 is 6.09 Å². The number of rotatable bonds is 4. The molecule has 4 rings (SSSR count). The van der Waals surface area contributed by atoms with E-state index < -0.39 is 29.7 Å². The number of carbonyl (C=O) groups is 1. The molecule has 1 aliphatic heterocycles. The lowest BCUT2D eigenvalue weighted by Gasteiger charge is -2.36. The minimum Gasteiger partial charge on any atom is -0.497 e. The monoisotopic (exact) mass is 471 g/mol. The van der Waals surface area contributed by atoms with Crippen LogP contribution < -0.4 is 10.1 Å². The third-order valence-electron chi connectivity index (χ3n) is 5.40. The highest BCUT2D eigenvalue weighted by Gasteiger charge is 2.33. The predicted molar refractivity (Wildman–Crippen MR) is 124 cm³/mol. The van der Waals surface area contributed by atoms with Gasteiger partial charge < -0.3 is 19.7 Å². The van der Waals surface area contributed by atoms with Crippen LogP contribution in [0, 0.1) is 5.82 Å². The van der Waals surface area contributed by atoms with Crippen LogP contribution >= 0.6 is 0 Å². The molecule has 1 aliphatic rings. The molecule has 1 amide bonds. The van der Waals surface area contributed by atoms with Crippen LogP contribution in [0.1, 0.15) is 27.2 Å². The topological polar surface area (TPSA) is 89.5 Å². The second-order valence-electron chi connectivity index (χ2n) is 9.22. The molecule has 0 radical (unpaired) electrons. The van der Waals surface area contributed by atoms with E-state index in [2.05, 4.69) is 20.5 Å². The maximum atomic E-state index is 14.7. The Labute approximate surface area is 196 Å². The first kappa shape index (κ1) is 23.6. The number of pyridine rings is 1. The molecule has 8 nitrogen and oxygen atoms in total. The smallest absolute Gasteiger partial charge is 0.410 e. The zero-order valence-corrected chi connectivity index (χ0v) is 19.5. The van der Waals surface area contributed by atoms with Crippen LogP contribution in [-0.2, 0) is 4.74 Å². The predicted octanol–water partition coefficient (Wildman–Crippen LogP) is 4.60. The summed E-state index contributed by atoms with van der Waals surface area (Å²) in [6, 6.07) is 5.81. The summed E-state index contributed by atoms with van der Waals surface area (Å²) in [6.45, 7) is 5.50. The minimum atomic E-state index is -1.22. The number of amides is 1. The van der Waals surface area contributed by atoms with Gasteiger partial charge in [-0.05, 0) is 39.0 Å². The Morgan fingerprint density at radius 3 is 2.68 bits per heavy atom. The molecule has 1 fully saturated rings. The number of fused-ring (bicyclic) bond motifs is 1. The van der Waals surface area contributed by atoms with E-state index in [0.29, 0.717) is 28.0 Å². The fraction of sp³-hybridized carbons (Fsp3) is 0.417. The molecule has 1 aromatic carbocycles. The maximum absolute atomic E-state index is 14.7. The Morgan fingerprint density at radius 1 is 1.18 bits per heavy atom. The van der Waals surface area contributed by atoms with Crippen LogP contribution in [0.4, 0.5) is 19.4 Å². The molecule has 180 valence electrons. The fourth-order valence-electron chi connectivity index (χ4n) is 3.93. The van der Waals surface area contributed by atoms with Gasteiger partial charge in [-0.1, -0.05) is 0 Å². The fourth-order valence-corrected chi connectivity index (χ4v) is 3.93. The van der Waals surface area contributed by atoms with Gasteiger partial charge in [-0.3, -0.25) is 4.98 Å². The van der Waals surface area contributed by atoms with E-state index in [1.165, 1.54) is 18.1 Å². The molecule has 1 N–H and O–H groups in total. The number of benzene rings is 1. The second-order valence-corrected chi connectivity index (χ2v) is 9.22. The lowest BCUT2D eigenvalue weighted by molar-refractivity contribution is 0.0124. The van der Waals surface area contributed by atoms with Crippen LogP contribution in [0.5, 0.6) is 5.75 Å². The summed E-state index contributed by atoms with van der Waals surface area (Å²) in [5.74, 6) is 0.281. The molecule has 2 atom stereocenters. The van der Waals surface area contributed by atoms with Gasteiger partial charge in [-0.15, -0.1) is 10.2 Å². The SMILES string of the molecule is COc1ccc(-c2nnc(N[C@@H]3C[C@@H](F)CN(C(=O)OC(C)(C)C)C3)c3cnccc23)c(F)c1. The number of piperidine rings is 1. The number of hydrogen-bond acceptors (Lipinski definition) is 7. The van der Waals surface area contributed by atoms with Gasteiger partial charge in [0.05, 0.1) is 13.7 Å². The Hall–Kier alpha value is -3.56. The summed E-state index contributed by atoms with van der Waals surface area (Å²) >= 11 is 0. The minimum absolute atomic E-state index is 0.0310. The average molecular weight is 472 g/mol. The van der Waals surface area contributed by atoms with Crippen LogP contribution in [0.15, 0.2) is 36.7 Å². The van der Waals surface area contributed by atoms with Crippen molar-refractivity contribution in [3.05, 3.63) is 42.5 Å². The van der Waals surface area contributed by atoms with Gasteiger partial charge in [0.1, 0.15) is 29.0 Å². The summed E-state index contributed by atoms with van der Waals surface area (Å²) in [5.41, 5.74) is -0.0532. The van der Waals surface area contributed by atoms with Crippen molar-refractivity contribution in [3.8, 4) is 17.0 Å². The molecule has 34 heavy (non-hydrogen) atoms. The number of likely N-dealkylation sites (tertiary alicyclic amines) is 1.